The number of aromatic nitrogens is 1. The van der Waals surface area contributed by atoms with Crippen molar-refractivity contribution in [2.45, 2.75) is 78.8 Å². The lowest BCUT2D eigenvalue weighted by Crippen LogP contribution is -2.25. The van der Waals surface area contributed by atoms with Crippen molar-refractivity contribution in [1.29, 1.82) is 0 Å². The van der Waals surface area contributed by atoms with Gasteiger partial charge in [0.2, 0.25) is 0 Å². The van der Waals surface area contributed by atoms with Crippen molar-refractivity contribution in [3.05, 3.63) is 15.6 Å². The summed E-state index contributed by atoms with van der Waals surface area (Å²) < 4.78 is 0. The molecule has 0 bridgehead atoms. The molecule has 0 spiro atoms. The maximum atomic E-state index is 4.85. The van der Waals surface area contributed by atoms with Gasteiger partial charge in [-0.1, -0.05) is 34.6 Å². The predicted octanol–water partition coefficient (Wildman–Crippen LogP) is 4.28. The van der Waals surface area contributed by atoms with Gasteiger partial charge in [-0.05, 0) is 26.2 Å². The molecule has 0 saturated carbocycles. The standard InChI is InChI=1S/C15H28N2S/c1-7-9-13-17-14(15(4,5)6)12(18-13)10-16-11(3)8-2/h11,16H,7-10H2,1-6H3. The molecule has 3 heteroatoms. The maximum Gasteiger partial charge on any atom is 0.0931 e. The van der Waals surface area contributed by atoms with Gasteiger partial charge in [0.25, 0.3) is 0 Å². The summed E-state index contributed by atoms with van der Waals surface area (Å²) in [5.74, 6) is 0. The first-order valence-electron chi connectivity index (χ1n) is 7.10. The fourth-order valence-corrected chi connectivity index (χ4v) is 3.17. The van der Waals surface area contributed by atoms with Crippen LogP contribution in [0, 0.1) is 0 Å². The topological polar surface area (TPSA) is 24.9 Å². The Bertz CT molecular complexity index is 363. The zero-order valence-electron chi connectivity index (χ0n) is 12.8. The third-order valence-electron chi connectivity index (χ3n) is 3.14. The van der Waals surface area contributed by atoms with Gasteiger partial charge in [-0.2, -0.15) is 0 Å². The van der Waals surface area contributed by atoms with Crippen LogP contribution < -0.4 is 5.32 Å². The lowest BCUT2D eigenvalue weighted by atomic mass is 9.91. The predicted molar refractivity (Wildman–Crippen MR) is 81.4 cm³/mol. The molecule has 2 nitrogen and oxygen atoms in total. The molecule has 1 aromatic rings. The molecular weight excluding hydrogens is 240 g/mol. The lowest BCUT2D eigenvalue weighted by molar-refractivity contribution is 0.519. The normalized spacial score (nSPS) is 13.9. The van der Waals surface area contributed by atoms with Crippen LogP contribution in [0.2, 0.25) is 0 Å². The number of hydrogen-bond donors (Lipinski definition) is 1. The summed E-state index contributed by atoms with van der Waals surface area (Å²) in [7, 11) is 0. The highest BCUT2D eigenvalue weighted by atomic mass is 32.1. The summed E-state index contributed by atoms with van der Waals surface area (Å²) in [5.41, 5.74) is 1.43. The Hall–Kier alpha value is -0.410. The van der Waals surface area contributed by atoms with Gasteiger partial charge < -0.3 is 5.32 Å². The molecular formula is C15H28N2S. The van der Waals surface area contributed by atoms with Crippen LogP contribution in [0.25, 0.3) is 0 Å². The van der Waals surface area contributed by atoms with Crippen LogP contribution in [0.1, 0.15) is 70.0 Å². The minimum atomic E-state index is 0.148. The first kappa shape index (κ1) is 15.6. The van der Waals surface area contributed by atoms with E-state index in [1.807, 2.05) is 11.3 Å². The fraction of sp³-hybridized carbons (Fsp3) is 0.800. The Labute approximate surface area is 116 Å². The minimum Gasteiger partial charge on any atom is -0.309 e. The third kappa shape index (κ3) is 4.36. The smallest absolute Gasteiger partial charge is 0.0931 e. The van der Waals surface area contributed by atoms with Crippen LogP contribution in [0.5, 0.6) is 0 Å². The Morgan fingerprint density at radius 2 is 1.94 bits per heavy atom. The second-order valence-corrected chi connectivity index (χ2v) is 7.24. The van der Waals surface area contributed by atoms with Crippen molar-refractivity contribution >= 4 is 11.3 Å². The van der Waals surface area contributed by atoms with Crippen LogP contribution in [-0.4, -0.2) is 11.0 Å². The van der Waals surface area contributed by atoms with Gasteiger partial charge in [-0.25, -0.2) is 4.98 Å². The van der Waals surface area contributed by atoms with Crippen molar-refractivity contribution in [3.8, 4) is 0 Å². The Kier molecular flexibility index (Phi) is 5.80. The summed E-state index contributed by atoms with van der Waals surface area (Å²) in [6, 6.07) is 0.578. The summed E-state index contributed by atoms with van der Waals surface area (Å²) in [4.78, 5) is 6.28. The molecule has 1 heterocycles. The number of rotatable bonds is 6. The maximum absolute atomic E-state index is 4.85. The molecule has 0 amide bonds. The fourth-order valence-electron chi connectivity index (χ4n) is 1.84. The zero-order chi connectivity index (χ0) is 13.8. The van der Waals surface area contributed by atoms with Gasteiger partial charge in [-0.3, -0.25) is 0 Å². The monoisotopic (exact) mass is 268 g/mol. The molecule has 0 radical (unpaired) electrons. The second-order valence-electron chi connectivity index (χ2n) is 6.07. The number of thiazole rings is 1. The summed E-state index contributed by atoms with van der Waals surface area (Å²) in [6.45, 7) is 14.4. The van der Waals surface area contributed by atoms with E-state index in [2.05, 4.69) is 46.9 Å². The Morgan fingerprint density at radius 3 is 2.44 bits per heavy atom. The largest absolute Gasteiger partial charge is 0.309 e. The molecule has 0 aliphatic carbocycles. The zero-order valence-corrected chi connectivity index (χ0v) is 13.6. The highest BCUT2D eigenvalue weighted by molar-refractivity contribution is 7.11. The van der Waals surface area contributed by atoms with Gasteiger partial charge >= 0.3 is 0 Å². The van der Waals surface area contributed by atoms with Crippen LogP contribution in [0.4, 0.5) is 0 Å². The molecule has 104 valence electrons. The lowest BCUT2D eigenvalue weighted by Gasteiger charge is -2.19. The van der Waals surface area contributed by atoms with E-state index in [9.17, 15) is 0 Å². The molecule has 0 aliphatic rings. The van der Waals surface area contributed by atoms with Crippen molar-refractivity contribution in [3.63, 3.8) is 0 Å². The highest BCUT2D eigenvalue weighted by Gasteiger charge is 2.22. The Balaban J connectivity index is 2.86. The quantitative estimate of drug-likeness (QED) is 0.833. The highest BCUT2D eigenvalue weighted by Crippen LogP contribution is 2.30. The van der Waals surface area contributed by atoms with Gasteiger partial charge in [0.05, 0.1) is 10.7 Å². The van der Waals surface area contributed by atoms with E-state index in [1.165, 1.54) is 28.4 Å². The number of aryl methyl sites for hydroxylation is 1. The first-order valence-corrected chi connectivity index (χ1v) is 7.92. The molecule has 1 N–H and O–H groups in total. The van der Waals surface area contributed by atoms with Crippen molar-refractivity contribution in [1.82, 2.24) is 10.3 Å². The van der Waals surface area contributed by atoms with Gasteiger partial charge in [-0.15, -0.1) is 11.3 Å². The summed E-state index contributed by atoms with van der Waals surface area (Å²) in [6.07, 6.45) is 3.46. The first-order chi connectivity index (χ1) is 8.38. The van der Waals surface area contributed by atoms with Crippen LogP contribution in [0.3, 0.4) is 0 Å². The van der Waals surface area contributed by atoms with E-state index < -0.39 is 0 Å². The Morgan fingerprint density at radius 1 is 1.28 bits per heavy atom. The van der Waals surface area contributed by atoms with E-state index in [1.54, 1.807) is 0 Å². The van der Waals surface area contributed by atoms with E-state index in [0.29, 0.717) is 6.04 Å². The van der Waals surface area contributed by atoms with Crippen LogP contribution >= 0.6 is 11.3 Å². The molecule has 1 atom stereocenters. The van der Waals surface area contributed by atoms with Crippen LogP contribution in [-0.2, 0) is 18.4 Å². The number of nitrogens with one attached hydrogen (secondary N) is 1. The molecule has 0 aromatic carbocycles. The van der Waals surface area contributed by atoms with Crippen molar-refractivity contribution in [2.75, 3.05) is 0 Å². The molecule has 1 unspecified atom stereocenters. The number of hydrogen-bond acceptors (Lipinski definition) is 3. The van der Waals surface area contributed by atoms with Crippen LogP contribution in [0.15, 0.2) is 0 Å². The van der Waals surface area contributed by atoms with E-state index >= 15 is 0 Å². The van der Waals surface area contributed by atoms with Gasteiger partial charge in [0.15, 0.2) is 0 Å². The SMILES string of the molecule is CCCc1nc(C(C)(C)C)c(CNC(C)CC)s1. The molecule has 1 aromatic heterocycles. The van der Waals surface area contributed by atoms with E-state index in [4.69, 9.17) is 4.98 Å². The number of nitrogens with zero attached hydrogens (tertiary/aromatic N) is 1. The van der Waals surface area contributed by atoms with Gasteiger partial charge in [0.1, 0.15) is 0 Å². The van der Waals surface area contributed by atoms with Crippen molar-refractivity contribution < 1.29 is 0 Å². The average molecular weight is 268 g/mol. The molecule has 1 rings (SSSR count). The average Bonchev–Trinajstić information content (AvgIpc) is 2.69. The van der Waals surface area contributed by atoms with Crippen molar-refractivity contribution in [2.24, 2.45) is 0 Å². The summed E-state index contributed by atoms with van der Waals surface area (Å²) >= 11 is 1.89. The summed E-state index contributed by atoms with van der Waals surface area (Å²) in [5, 5.41) is 4.88. The third-order valence-corrected chi connectivity index (χ3v) is 4.25. The van der Waals surface area contributed by atoms with E-state index in [-0.39, 0.29) is 5.41 Å². The molecule has 0 aliphatic heterocycles. The molecule has 0 fully saturated rings. The van der Waals surface area contributed by atoms with Gasteiger partial charge in [0, 0.05) is 22.9 Å². The minimum absolute atomic E-state index is 0.148. The second kappa shape index (κ2) is 6.67. The van der Waals surface area contributed by atoms with E-state index in [0.717, 1.165) is 13.0 Å². The molecule has 18 heavy (non-hydrogen) atoms. The molecule has 0 saturated heterocycles.